The van der Waals surface area contributed by atoms with Gasteiger partial charge in [0, 0.05) is 48.8 Å². The molecule has 0 aliphatic carbocycles. The standard InChI is InChI=1S/C28H39N3O4/c1-5-19-20(6-2)24(14-26-22(10-8-12-33)18(4)28(16-35)31-26)29-23(19)13-25-21(9-7-11-32)17(3)27(15-34)30-25/h15-16,29-33H,5-14H2,1-4H3. The lowest BCUT2D eigenvalue weighted by molar-refractivity contribution is 0.111. The molecule has 35 heavy (non-hydrogen) atoms. The zero-order valence-electron chi connectivity index (χ0n) is 21.4. The van der Waals surface area contributed by atoms with Crippen LogP contribution in [0.4, 0.5) is 0 Å². The molecule has 0 atom stereocenters. The number of carbonyl (C=O) groups excluding carboxylic acids is 2. The van der Waals surface area contributed by atoms with E-state index < -0.39 is 0 Å². The highest BCUT2D eigenvalue weighted by Gasteiger charge is 2.21. The fraction of sp³-hybridized carbons (Fsp3) is 0.500. The summed E-state index contributed by atoms with van der Waals surface area (Å²) in [5.41, 5.74) is 12.3. The number of aliphatic hydroxyl groups excluding tert-OH is 2. The van der Waals surface area contributed by atoms with Crippen LogP contribution in [0.15, 0.2) is 0 Å². The van der Waals surface area contributed by atoms with E-state index in [9.17, 15) is 19.8 Å². The van der Waals surface area contributed by atoms with Crippen molar-refractivity contribution in [1.29, 1.82) is 0 Å². The molecule has 0 aromatic carbocycles. The Kier molecular flexibility index (Phi) is 9.29. The first-order valence-corrected chi connectivity index (χ1v) is 12.7. The van der Waals surface area contributed by atoms with Crippen molar-refractivity contribution in [3.63, 3.8) is 0 Å². The lowest BCUT2D eigenvalue weighted by atomic mass is 9.97. The van der Waals surface area contributed by atoms with Gasteiger partial charge in [-0.1, -0.05) is 13.8 Å². The van der Waals surface area contributed by atoms with Crippen molar-refractivity contribution in [2.24, 2.45) is 0 Å². The summed E-state index contributed by atoms with van der Waals surface area (Å²) < 4.78 is 0. The minimum Gasteiger partial charge on any atom is -0.396 e. The molecule has 0 fully saturated rings. The molecule has 0 radical (unpaired) electrons. The summed E-state index contributed by atoms with van der Waals surface area (Å²) in [6.07, 6.45) is 7.59. The summed E-state index contributed by atoms with van der Waals surface area (Å²) in [5.74, 6) is 0. The fourth-order valence-electron chi connectivity index (χ4n) is 5.37. The van der Waals surface area contributed by atoms with Crippen molar-refractivity contribution < 1.29 is 19.8 Å². The van der Waals surface area contributed by atoms with Gasteiger partial charge in [0.15, 0.2) is 12.6 Å². The summed E-state index contributed by atoms with van der Waals surface area (Å²) in [4.78, 5) is 33.5. The van der Waals surface area contributed by atoms with E-state index in [0.717, 1.165) is 83.3 Å². The average Bonchev–Trinajstić information content (AvgIpc) is 3.46. The van der Waals surface area contributed by atoms with Gasteiger partial charge in [0.25, 0.3) is 0 Å². The van der Waals surface area contributed by atoms with Gasteiger partial charge >= 0.3 is 0 Å². The second kappa shape index (κ2) is 12.2. The molecule has 7 heteroatoms. The summed E-state index contributed by atoms with van der Waals surface area (Å²) in [7, 11) is 0. The van der Waals surface area contributed by atoms with Crippen LogP contribution in [0.2, 0.25) is 0 Å². The molecule has 0 saturated carbocycles. The summed E-state index contributed by atoms with van der Waals surface area (Å²) >= 11 is 0. The topological polar surface area (TPSA) is 122 Å². The molecule has 0 aliphatic heterocycles. The van der Waals surface area contributed by atoms with Crippen LogP contribution in [0.1, 0.15) is 104 Å². The van der Waals surface area contributed by atoms with E-state index in [4.69, 9.17) is 0 Å². The van der Waals surface area contributed by atoms with Crippen molar-refractivity contribution in [3.8, 4) is 0 Å². The minimum absolute atomic E-state index is 0.115. The summed E-state index contributed by atoms with van der Waals surface area (Å²) in [5, 5.41) is 18.7. The Morgan fingerprint density at radius 1 is 0.629 bits per heavy atom. The van der Waals surface area contributed by atoms with E-state index >= 15 is 0 Å². The Hall–Kier alpha value is -2.90. The molecule has 0 spiro atoms. The van der Waals surface area contributed by atoms with Gasteiger partial charge < -0.3 is 25.2 Å². The second-order valence-corrected chi connectivity index (χ2v) is 9.23. The normalized spacial score (nSPS) is 11.4. The zero-order valence-corrected chi connectivity index (χ0v) is 21.4. The largest absolute Gasteiger partial charge is 0.396 e. The second-order valence-electron chi connectivity index (χ2n) is 9.23. The van der Waals surface area contributed by atoms with Crippen molar-refractivity contribution in [2.45, 2.75) is 79.1 Å². The Bertz CT molecular complexity index is 1080. The number of rotatable bonds is 14. The van der Waals surface area contributed by atoms with Crippen molar-refractivity contribution in [3.05, 3.63) is 67.5 Å². The maximum Gasteiger partial charge on any atom is 0.166 e. The number of nitrogens with one attached hydrogen (secondary N) is 3. The minimum atomic E-state index is 0.115. The molecule has 3 aromatic rings. The molecule has 0 amide bonds. The maximum absolute atomic E-state index is 11.6. The van der Waals surface area contributed by atoms with Crippen LogP contribution in [-0.4, -0.2) is 51.0 Å². The van der Waals surface area contributed by atoms with E-state index in [-0.39, 0.29) is 13.2 Å². The van der Waals surface area contributed by atoms with Crippen LogP contribution in [0, 0.1) is 13.8 Å². The van der Waals surface area contributed by atoms with Gasteiger partial charge in [-0.05, 0) is 85.8 Å². The highest BCUT2D eigenvalue weighted by atomic mass is 16.3. The third-order valence-corrected chi connectivity index (χ3v) is 7.23. The average molecular weight is 482 g/mol. The molecule has 3 aromatic heterocycles. The Balaban J connectivity index is 2.02. The highest BCUT2D eigenvalue weighted by Crippen LogP contribution is 2.29. The molecule has 0 unspecified atom stereocenters. The lowest BCUT2D eigenvalue weighted by Crippen LogP contribution is -2.00. The Morgan fingerprint density at radius 3 is 1.31 bits per heavy atom. The molecule has 0 bridgehead atoms. The monoisotopic (exact) mass is 481 g/mol. The van der Waals surface area contributed by atoms with E-state index in [1.165, 1.54) is 11.1 Å². The first kappa shape index (κ1) is 26.7. The van der Waals surface area contributed by atoms with Crippen LogP contribution in [0.25, 0.3) is 0 Å². The molecule has 0 aliphatic rings. The SMILES string of the molecule is CCc1c(Cc2[nH]c(C=O)c(C)c2CCCO)[nH]c(Cc2[nH]c(C=O)c(C)c2CCCO)c1CC. The lowest BCUT2D eigenvalue weighted by Gasteiger charge is -2.07. The smallest absolute Gasteiger partial charge is 0.166 e. The molecule has 3 heterocycles. The van der Waals surface area contributed by atoms with Crippen LogP contribution < -0.4 is 0 Å². The van der Waals surface area contributed by atoms with Crippen LogP contribution in [0.3, 0.4) is 0 Å². The maximum atomic E-state index is 11.6. The van der Waals surface area contributed by atoms with Crippen LogP contribution in [0.5, 0.6) is 0 Å². The number of hydrogen-bond donors (Lipinski definition) is 5. The highest BCUT2D eigenvalue weighted by molar-refractivity contribution is 5.76. The predicted molar refractivity (Wildman–Crippen MR) is 138 cm³/mol. The summed E-state index contributed by atoms with van der Waals surface area (Å²) in [6, 6.07) is 0. The van der Waals surface area contributed by atoms with E-state index in [1.54, 1.807) is 0 Å². The van der Waals surface area contributed by atoms with E-state index in [0.29, 0.717) is 37.1 Å². The zero-order chi connectivity index (χ0) is 25.5. The van der Waals surface area contributed by atoms with Gasteiger partial charge in [0.2, 0.25) is 0 Å². The molecular formula is C28H39N3O4. The fourth-order valence-corrected chi connectivity index (χ4v) is 5.37. The van der Waals surface area contributed by atoms with Gasteiger partial charge in [-0.15, -0.1) is 0 Å². The number of hydrogen-bond acceptors (Lipinski definition) is 4. The third kappa shape index (κ3) is 5.52. The number of aldehydes is 2. The first-order chi connectivity index (χ1) is 16.9. The van der Waals surface area contributed by atoms with Crippen LogP contribution in [-0.2, 0) is 38.5 Å². The van der Waals surface area contributed by atoms with Gasteiger partial charge in [0.1, 0.15) is 0 Å². The number of carbonyl (C=O) groups is 2. The Morgan fingerprint density at radius 2 is 1.00 bits per heavy atom. The molecule has 5 N–H and O–H groups in total. The van der Waals surface area contributed by atoms with Gasteiger partial charge in [-0.2, -0.15) is 0 Å². The quantitative estimate of drug-likeness (QED) is 0.223. The first-order valence-electron chi connectivity index (χ1n) is 12.7. The molecule has 190 valence electrons. The molecule has 3 rings (SSSR count). The number of aliphatic hydroxyl groups is 2. The van der Waals surface area contributed by atoms with Crippen LogP contribution >= 0.6 is 0 Å². The van der Waals surface area contributed by atoms with Crippen molar-refractivity contribution in [2.75, 3.05) is 13.2 Å². The number of H-pyrrole nitrogens is 3. The van der Waals surface area contributed by atoms with Crippen molar-refractivity contribution >= 4 is 12.6 Å². The Labute approximate surface area is 207 Å². The van der Waals surface area contributed by atoms with E-state index in [2.05, 4.69) is 28.8 Å². The summed E-state index contributed by atoms with van der Waals surface area (Å²) in [6.45, 7) is 8.47. The number of aromatic nitrogens is 3. The van der Waals surface area contributed by atoms with Gasteiger partial charge in [0.05, 0.1) is 11.4 Å². The molecule has 7 nitrogen and oxygen atoms in total. The van der Waals surface area contributed by atoms with Gasteiger partial charge in [-0.25, -0.2) is 0 Å². The number of aromatic amines is 3. The van der Waals surface area contributed by atoms with Gasteiger partial charge in [-0.3, -0.25) is 9.59 Å². The van der Waals surface area contributed by atoms with E-state index in [1.807, 2.05) is 13.8 Å². The molecular weight excluding hydrogens is 442 g/mol. The van der Waals surface area contributed by atoms with Crippen molar-refractivity contribution in [1.82, 2.24) is 15.0 Å². The predicted octanol–water partition coefficient (Wildman–Crippen LogP) is 4.07. The third-order valence-electron chi connectivity index (χ3n) is 7.23. The molecule has 0 saturated heterocycles.